The Morgan fingerprint density at radius 1 is 1.42 bits per heavy atom. The van der Waals surface area contributed by atoms with E-state index in [9.17, 15) is 9.18 Å². The van der Waals surface area contributed by atoms with E-state index in [4.69, 9.17) is 4.74 Å². The number of amides is 1. The van der Waals surface area contributed by atoms with Crippen LogP contribution in [0.4, 0.5) is 4.39 Å². The summed E-state index contributed by atoms with van der Waals surface area (Å²) in [6, 6.07) is 6.52. The average Bonchev–Trinajstić information content (AvgIpc) is 2.56. The van der Waals surface area contributed by atoms with Gasteiger partial charge in [-0.1, -0.05) is 12.1 Å². The Bertz CT molecular complexity index is 566. The number of allylic oxidation sites excluding steroid dienone is 1. The molecule has 0 radical (unpaired) electrons. The Morgan fingerprint density at radius 3 is 2.83 bits per heavy atom. The monoisotopic (exact) mass is 334 g/mol. The molecule has 0 spiro atoms. The SMILES string of the molecule is COCCCN1CCC(NC(=O)/C=C(\C)c2cccc(F)c2)CC1. The van der Waals surface area contributed by atoms with Gasteiger partial charge in [-0.25, -0.2) is 4.39 Å². The molecule has 1 fully saturated rings. The van der Waals surface area contributed by atoms with Crippen molar-refractivity contribution in [3.05, 3.63) is 41.7 Å². The molecule has 1 aliphatic heterocycles. The number of ether oxygens (including phenoxy) is 1. The number of benzene rings is 1. The van der Waals surface area contributed by atoms with Crippen LogP contribution in [0.3, 0.4) is 0 Å². The van der Waals surface area contributed by atoms with Crippen LogP contribution in [0.25, 0.3) is 5.57 Å². The van der Waals surface area contributed by atoms with E-state index < -0.39 is 0 Å². The van der Waals surface area contributed by atoms with Gasteiger partial charge in [0.2, 0.25) is 5.91 Å². The van der Waals surface area contributed by atoms with E-state index in [1.54, 1.807) is 25.3 Å². The molecule has 1 aliphatic rings. The number of halogens is 1. The highest BCUT2D eigenvalue weighted by Gasteiger charge is 2.19. The molecule has 5 heteroatoms. The summed E-state index contributed by atoms with van der Waals surface area (Å²) >= 11 is 0. The largest absolute Gasteiger partial charge is 0.385 e. The van der Waals surface area contributed by atoms with Crippen molar-refractivity contribution in [1.29, 1.82) is 0 Å². The molecule has 0 aromatic heterocycles. The van der Waals surface area contributed by atoms with E-state index in [2.05, 4.69) is 10.2 Å². The van der Waals surface area contributed by atoms with E-state index in [0.29, 0.717) is 0 Å². The molecule has 1 heterocycles. The lowest BCUT2D eigenvalue weighted by Crippen LogP contribution is -2.44. The normalized spacial score (nSPS) is 17.0. The molecule has 0 atom stereocenters. The molecule has 24 heavy (non-hydrogen) atoms. The summed E-state index contributed by atoms with van der Waals surface area (Å²) < 4.78 is 18.3. The van der Waals surface area contributed by atoms with Gasteiger partial charge in [-0.2, -0.15) is 0 Å². The number of nitrogens with one attached hydrogen (secondary N) is 1. The molecule has 0 unspecified atom stereocenters. The van der Waals surface area contributed by atoms with E-state index in [-0.39, 0.29) is 17.8 Å². The number of nitrogens with zero attached hydrogens (tertiary/aromatic N) is 1. The van der Waals surface area contributed by atoms with Crippen molar-refractivity contribution in [2.75, 3.05) is 33.4 Å². The minimum atomic E-state index is -0.290. The summed E-state index contributed by atoms with van der Waals surface area (Å²) in [4.78, 5) is 14.6. The predicted molar refractivity (Wildman–Crippen MR) is 94.1 cm³/mol. The summed E-state index contributed by atoms with van der Waals surface area (Å²) in [5.74, 6) is -0.393. The lowest BCUT2D eigenvalue weighted by molar-refractivity contribution is -0.117. The first kappa shape index (κ1) is 18.6. The Kier molecular flexibility index (Phi) is 7.40. The summed E-state index contributed by atoms with van der Waals surface area (Å²) in [7, 11) is 1.72. The zero-order valence-electron chi connectivity index (χ0n) is 14.6. The van der Waals surface area contributed by atoms with Crippen molar-refractivity contribution in [3.63, 3.8) is 0 Å². The van der Waals surface area contributed by atoms with Crippen molar-refractivity contribution in [2.24, 2.45) is 0 Å². The van der Waals surface area contributed by atoms with Gasteiger partial charge in [-0.3, -0.25) is 4.79 Å². The van der Waals surface area contributed by atoms with Gasteiger partial charge in [0.05, 0.1) is 0 Å². The van der Waals surface area contributed by atoms with Gasteiger partial charge in [0.1, 0.15) is 5.82 Å². The quantitative estimate of drug-likeness (QED) is 0.616. The maximum Gasteiger partial charge on any atom is 0.244 e. The number of hydrogen-bond donors (Lipinski definition) is 1. The lowest BCUT2D eigenvalue weighted by atomic mass is 10.0. The van der Waals surface area contributed by atoms with Crippen molar-refractivity contribution >= 4 is 11.5 Å². The molecule has 0 saturated carbocycles. The Balaban J connectivity index is 1.78. The summed E-state index contributed by atoms with van der Waals surface area (Å²) in [5, 5.41) is 3.06. The maximum atomic E-state index is 13.2. The van der Waals surface area contributed by atoms with Crippen LogP contribution in [0, 0.1) is 5.82 Å². The molecular weight excluding hydrogens is 307 g/mol. The highest BCUT2D eigenvalue weighted by molar-refractivity contribution is 5.95. The fourth-order valence-electron chi connectivity index (χ4n) is 2.99. The number of likely N-dealkylation sites (tertiary alicyclic amines) is 1. The fourth-order valence-corrected chi connectivity index (χ4v) is 2.99. The number of carbonyl (C=O) groups is 1. The van der Waals surface area contributed by atoms with E-state index in [1.807, 2.05) is 6.92 Å². The number of hydrogen-bond acceptors (Lipinski definition) is 3. The molecule has 1 aromatic rings. The minimum absolute atomic E-state index is 0.102. The van der Waals surface area contributed by atoms with Gasteiger partial charge in [0.25, 0.3) is 0 Å². The highest BCUT2D eigenvalue weighted by atomic mass is 19.1. The molecule has 1 saturated heterocycles. The van der Waals surface area contributed by atoms with Crippen LogP contribution in [0.2, 0.25) is 0 Å². The molecule has 0 aliphatic carbocycles. The topological polar surface area (TPSA) is 41.6 Å². The molecule has 0 bridgehead atoms. The van der Waals surface area contributed by atoms with E-state index >= 15 is 0 Å². The lowest BCUT2D eigenvalue weighted by Gasteiger charge is -2.32. The summed E-state index contributed by atoms with van der Waals surface area (Å²) in [5.41, 5.74) is 1.50. The highest BCUT2D eigenvalue weighted by Crippen LogP contribution is 2.15. The number of carbonyl (C=O) groups excluding carboxylic acids is 1. The Morgan fingerprint density at radius 2 is 2.17 bits per heavy atom. The smallest absolute Gasteiger partial charge is 0.244 e. The number of rotatable bonds is 7. The molecule has 1 aromatic carbocycles. The van der Waals surface area contributed by atoms with Crippen LogP contribution in [0.1, 0.15) is 31.7 Å². The average molecular weight is 334 g/mol. The van der Waals surface area contributed by atoms with Crippen LogP contribution in [-0.2, 0) is 9.53 Å². The van der Waals surface area contributed by atoms with Crippen LogP contribution >= 0.6 is 0 Å². The number of piperidine rings is 1. The molecular formula is C19H27FN2O2. The van der Waals surface area contributed by atoms with Gasteiger partial charge < -0.3 is 15.0 Å². The molecule has 2 rings (SSSR count). The molecule has 132 valence electrons. The van der Waals surface area contributed by atoms with Crippen LogP contribution in [-0.4, -0.2) is 50.2 Å². The number of methoxy groups -OCH3 is 1. The second-order valence-electron chi connectivity index (χ2n) is 6.31. The van der Waals surface area contributed by atoms with E-state index in [1.165, 1.54) is 12.1 Å². The first-order valence-corrected chi connectivity index (χ1v) is 8.54. The Labute approximate surface area is 143 Å². The van der Waals surface area contributed by atoms with Gasteiger partial charge in [0, 0.05) is 45.5 Å². The van der Waals surface area contributed by atoms with Crippen LogP contribution in [0.15, 0.2) is 30.3 Å². The standard InChI is InChI=1S/C19H27FN2O2/c1-15(16-5-3-6-17(20)14-16)13-19(23)21-18-7-10-22(11-8-18)9-4-12-24-2/h3,5-6,13-14,18H,4,7-12H2,1-2H3,(H,21,23)/b15-13+. The zero-order chi connectivity index (χ0) is 17.4. The van der Waals surface area contributed by atoms with Crippen LogP contribution < -0.4 is 5.32 Å². The summed E-state index contributed by atoms with van der Waals surface area (Å²) in [6.07, 6.45) is 4.53. The summed E-state index contributed by atoms with van der Waals surface area (Å²) in [6.45, 7) is 5.67. The van der Waals surface area contributed by atoms with Crippen molar-refractivity contribution < 1.29 is 13.9 Å². The first-order chi connectivity index (χ1) is 11.6. The van der Waals surface area contributed by atoms with E-state index in [0.717, 1.165) is 56.6 Å². The Hall–Kier alpha value is -1.72. The van der Waals surface area contributed by atoms with Gasteiger partial charge >= 0.3 is 0 Å². The molecule has 4 nitrogen and oxygen atoms in total. The van der Waals surface area contributed by atoms with Crippen molar-refractivity contribution in [1.82, 2.24) is 10.2 Å². The second-order valence-corrected chi connectivity index (χ2v) is 6.31. The third-order valence-electron chi connectivity index (χ3n) is 4.38. The first-order valence-electron chi connectivity index (χ1n) is 8.54. The molecule has 1 amide bonds. The van der Waals surface area contributed by atoms with Crippen molar-refractivity contribution in [2.45, 2.75) is 32.2 Å². The van der Waals surface area contributed by atoms with Gasteiger partial charge in [-0.05, 0) is 49.5 Å². The third-order valence-corrected chi connectivity index (χ3v) is 4.38. The molecule has 1 N–H and O–H groups in total. The van der Waals surface area contributed by atoms with Crippen LogP contribution in [0.5, 0.6) is 0 Å². The van der Waals surface area contributed by atoms with Crippen molar-refractivity contribution in [3.8, 4) is 0 Å². The minimum Gasteiger partial charge on any atom is -0.385 e. The second kappa shape index (κ2) is 9.55. The van der Waals surface area contributed by atoms with Gasteiger partial charge in [-0.15, -0.1) is 0 Å². The fraction of sp³-hybridized carbons (Fsp3) is 0.526. The third kappa shape index (κ3) is 6.06. The zero-order valence-corrected chi connectivity index (χ0v) is 14.6. The predicted octanol–water partition coefficient (Wildman–Crippen LogP) is 2.85. The maximum absolute atomic E-state index is 13.2. The van der Waals surface area contributed by atoms with Gasteiger partial charge in [0.15, 0.2) is 0 Å².